The number of rotatable bonds is 4. The predicted molar refractivity (Wildman–Crippen MR) is 123 cm³/mol. The van der Waals surface area contributed by atoms with Crippen molar-refractivity contribution in [3.63, 3.8) is 0 Å². The first-order valence-electron chi connectivity index (χ1n) is 9.51. The predicted octanol–water partition coefficient (Wildman–Crippen LogP) is 4.58. The van der Waals surface area contributed by atoms with Crippen molar-refractivity contribution in [3.8, 4) is 0 Å². The Morgan fingerprint density at radius 1 is 1.10 bits per heavy atom. The van der Waals surface area contributed by atoms with Gasteiger partial charge in [0.25, 0.3) is 0 Å². The highest BCUT2D eigenvalue weighted by Crippen LogP contribution is 2.30. The van der Waals surface area contributed by atoms with Gasteiger partial charge in [-0.2, -0.15) is 5.10 Å². The molecule has 6 heteroatoms. The molecule has 0 fully saturated rings. The maximum atomic E-state index is 4.73. The van der Waals surface area contributed by atoms with Crippen LogP contribution in [-0.4, -0.2) is 21.3 Å². The van der Waals surface area contributed by atoms with Crippen molar-refractivity contribution in [3.05, 3.63) is 83.0 Å². The molecule has 3 heterocycles. The molecule has 4 aromatic rings. The average Bonchev–Trinajstić information content (AvgIpc) is 3.33. The van der Waals surface area contributed by atoms with Crippen LogP contribution in [0.1, 0.15) is 17.0 Å². The molecular weight excluding hydrogens is 378 g/mol. The minimum Gasteiger partial charge on any atom is -0.355 e. The van der Waals surface area contributed by atoms with Crippen molar-refractivity contribution in [2.24, 2.45) is 12.1 Å². The van der Waals surface area contributed by atoms with Crippen LogP contribution < -0.4 is 10.7 Å². The Kier molecular flexibility index (Phi) is 4.48. The number of aromatic nitrogens is 2. The van der Waals surface area contributed by atoms with Crippen LogP contribution in [0.3, 0.4) is 0 Å². The van der Waals surface area contributed by atoms with Crippen LogP contribution in [0.4, 0.5) is 0 Å². The fraction of sp³-hybridized carbons (Fsp3) is 0.130. The number of pyridine rings is 1. The Bertz CT molecular complexity index is 1260. The Balaban J connectivity index is 1.35. The monoisotopic (exact) mass is 399 g/mol. The second-order valence-electron chi connectivity index (χ2n) is 7.05. The van der Waals surface area contributed by atoms with Gasteiger partial charge in [-0.05, 0) is 30.0 Å². The van der Waals surface area contributed by atoms with Crippen molar-refractivity contribution < 1.29 is 0 Å². The van der Waals surface area contributed by atoms with E-state index in [4.69, 9.17) is 4.98 Å². The quantitative estimate of drug-likeness (QED) is 0.390. The summed E-state index contributed by atoms with van der Waals surface area (Å²) in [4.78, 5) is 4.73. The van der Waals surface area contributed by atoms with Gasteiger partial charge in [0, 0.05) is 23.3 Å². The summed E-state index contributed by atoms with van der Waals surface area (Å²) in [6.07, 6.45) is 1.79. The van der Waals surface area contributed by atoms with Crippen molar-refractivity contribution in [1.29, 1.82) is 0 Å². The highest BCUT2D eigenvalue weighted by atomic mass is 32.2. The largest absolute Gasteiger partial charge is 0.355 e. The number of benzene rings is 2. The maximum absolute atomic E-state index is 4.73. The number of hydrazone groups is 1. The average molecular weight is 400 g/mol. The second kappa shape index (κ2) is 7.29. The fourth-order valence-corrected chi connectivity index (χ4v) is 4.64. The SMILES string of the molecule is Cc1nc(C=NNC2NC(c3ccccc3)=CS2)cc2c3ccccc3n(C)c12. The summed E-state index contributed by atoms with van der Waals surface area (Å²) in [5, 5.41) is 12.4. The summed E-state index contributed by atoms with van der Waals surface area (Å²) in [6.45, 7) is 2.05. The maximum Gasteiger partial charge on any atom is 0.165 e. The van der Waals surface area contributed by atoms with E-state index in [9.17, 15) is 0 Å². The van der Waals surface area contributed by atoms with Crippen molar-refractivity contribution >= 4 is 45.5 Å². The van der Waals surface area contributed by atoms with Crippen LogP contribution in [0.2, 0.25) is 0 Å². The Morgan fingerprint density at radius 3 is 2.76 bits per heavy atom. The van der Waals surface area contributed by atoms with E-state index in [0.717, 1.165) is 17.1 Å². The molecule has 5 nitrogen and oxygen atoms in total. The van der Waals surface area contributed by atoms with E-state index in [1.807, 2.05) is 18.2 Å². The van der Waals surface area contributed by atoms with Gasteiger partial charge in [-0.25, -0.2) is 4.98 Å². The van der Waals surface area contributed by atoms with Crippen LogP contribution >= 0.6 is 11.8 Å². The van der Waals surface area contributed by atoms with Crippen LogP contribution in [0.25, 0.3) is 27.5 Å². The number of aryl methyl sites for hydroxylation is 2. The van der Waals surface area contributed by atoms with Crippen LogP contribution in [-0.2, 0) is 7.05 Å². The molecule has 1 aliphatic rings. The minimum atomic E-state index is 0.00356. The first-order valence-corrected chi connectivity index (χ1v) is 10.5. The molecule has 1 atom stereocenters. The van der Waals surface area contributed by atoms with Gasteiger partial charge in [0.1, 0.15) is 0 Å². The van der Waals surface area contributed by atoms with Crippen LogP contribution in [0.5, 0.6) is 0 Å². The van der Waals surface area contributed by atoms with Gasteiger partial charge in [-0.3, -0.25) is 5.43 Å². The molecule has 29 heavy (non-hydrogen) atoms. The number of fused-ring (bicyclic) bond motifs is 3. The molecule has 0 spiro atoms. The summed E-state index contributed by atoms with van der Waals surface area (Å²) >= 11 is 1.67. The number of para-hydroxylation sites is 1. The van der Waals surface area contributed by atoms with Crippen LogP contribution in [0, 0.1) is 6.92 Å². The van der Waals surface area contributed by atoms with Crippen molar-refractivity contribution in [2.45, 2.75) is 12.4 Å². The first-order chi connectivity index (χ1) is 14.2. The molecule has 0 aliphatic carbocycles. The molecule has 0 amide bonds. The lowest BCUT2D eigenvalue weighted by Crippen LogP contribution is -2.31. The summed E-state index contributed by atoms with van der Waals surface area (Å²) in [5.41, 5.74) is 9.68. The number of thioether (sulfide) groups is 1. The van der Waals surface area contributed by atoms with Gasteiger partial charge in [0.2, 0.25) is 0 Å². The van der Waals surface area contributed by atoms with Gasteiger partial charge < -0.3 is 9.88 Å². The molecule has 2 aromatic carbocycles. The van der Waals surface area contributed by atoms with Crippen LogP contribution in [0.15, 0.2) is 71.2 Å². The molecular formula is C23H21N5S. The van der Waals surface area contributed by atoms with E-state index in [-0.39, 0.29) is 5.50 Å². The van der Waals surface area contributed by atoms with Crippen molar-refractivity contribution in [2.75, 3.05) is 0 Å². The zero-order valence-electron chi connectivity index (χ0n) is 16.3. The van der Waals surface area contributed by atoms with Crippen molar-refractivity contribution in [1.82, 2.24) is 20.3 Å². The number of hydrogen-bond donors (Lipinski definition) is 2. The highest BCUT2D eigenvalue weighted by molar-refractivity contribution is 8.03. The van der Waals surface area contributed by atoms with Gasteiger partial charge in [-0.1, -0.05) is 60.3 Å². The third-order valence-electron chi connectivity index (χ3n) is 5.16. The standard InChI is InChI=1S/C23H21N5S/c1-15-22-19(18-10-6-7-11-21(18)28(22)2)12-17(25-15)13-24-27-23-26-20(14-29-23)16-8-4-3-5-9-16/h3-14,23,26-27H,1-2H3. The molecule has 0 radical (unpaired) electrons. The fourth-order valence-electron chi connectivity index (χ4n) is 3.85. The van der Waals surface area contributed by atoms with Gasteiger partial charge in [0.05, 0.1) is 28.8 Å². The molecule has 0 saturated carbocycles. The lowest BCUT2D eigenvalue weighted by molar-refractivity contribution is 0.657. The molecule has 144 valence electrons. The molecule has 2 N–H and O–H groups in total. The van der Waals surface area contributed by atoms with E-state index in [2.05, 4.69) is 82.3 Å². The smallest absolute Gasteiger partial charge is 0.165 e. The van der Waals surface area contributed by atoms with Gasteiger partial charge >= 0.3 is 0 Å². The Morgan fingerprint density at radius 2 is 1.90 bits per heavy atom. The molecule has 0 bridgehead atoms. The second-order valence-corrected chi connectivity index (χ2v) is 8.03. The third-order valence-corrected chi connectivity index (χ3v) is 6.03. The molecule has 1 aliphatic heterocycles. The van der Waals surface area contributed by atoms with E-state index >= 15 is 0 Å². The molecule has 0 saturated heterocycles. The van der Waals surface area contributed by atoms with Gasteiger partial charge in [0.15, 0.2) is 5.50 Å². The lowest BCUT2D eigenvalue weighted by atomic mass is 10.1. The zero-order chi connectivity index (χ0) is 19.8. The highest BCUT2D eigenvalue weighted by Gasteiger charge is 2.16. The summed E-state index contributed by atoms with van der Waals surface area (Å²) in [6, 6.07) is 20.8. The Hall–Kier alpha value is -3.25. The van der Waals surface area contributed by atoms with E-state index in [1.54, 1.807) is 18.0 Å². The topological polar surface area (TPSA) is 54.2 Å². The van der Waals surface area contributed by atoms with E-state index in [1.165, 1.54) is 27.4 Å². The number of hydrogen-bond acceptors (Lipinski definition) is 5. The summed E-state index contributed by atoms with van der Waals surface area (Å²) in [7, 11) is 2.09. The number of nitrogens with one attached hydrogen (secondary N) is 2. The first kappa shape index (κ1) is 17.8. The molecule has 5 rings (SSSR count). The molecule has 2 aromatic heterocycles. The van der Waals surface area contributed by atoms with E-state index < -0.39 is 0 Å². The van der Waals surface area contributed by atoms with Gasteiger partial charge in [-0.15, -0.1) is 0 Å². The summed E-state index contributed by atoms with van der Waals surface area (Å²) < 4.78 is 2.21. The zero-order valence-corrected chi connectivity index (χ0v) is 17.1. The number of nitrogens with zero attached hydrogens (tertiary/aromatic N) is 3. The van der Waals surface area contributed by atoms with E-state index in [0.29, 0.717) is 0 Å². The minimum absolute atomic E-state index is 0.00356. The Labute approximate surface area is 173 Å². The normalized spacial score (nSPS) is 16.5. The lowest BCUT2D eigenvalue weighted by Gasteiger charge is -2.12. The summed E-state index contributed by atoms with van der Waals surface area (Å²) in [5.74, 6) is 0. The third kappa shape index (κ3) is 3.25. The molecule has 1 unspecified atom stereocenters.